The number of primary amides is 1. The number of fused-ring (bicyclic) bond motifs is 3. The second kappa shape index (κ2) is 7.93. The molecule has 166 valence electrons. The summed E-state index contributed by atoms with van der Waals surface area (Å²) in [6.07, 6.45) is 5.93. The van der Waals surface area contributed by atoms with Crippen LogP contribution in [0.2, 0.25) is 0 Å². The van der Waals surface area contributed by atoms with Crippen LogP contribution in [0.25, 0.3) is 0 Å². The number of carbonyl (C=O) groups is 2. The molecular formula is C24H27N5O3. The van der Waals surface area contributed by atoms with Gasteiger partial charge >= 0.3 is 0 Å². The number of hydrogen-bond acceptors (Lipinski definition) is 6. The van der Waals surface area contributed by atoms with Gasteiger partial charge in [0.25, 0.3) is 5.91 Å². The van der Waals surface area contributed by atoms with Crippen LogP contribution in [0, 0.1) is 0 Å². The van der Waals surface area contributed by atoms with Crippen molar-refractivity contribution in [1.82, 2.24) is 14.9 Å². The molecule has 8 heteroatoms. The van der Waals surface area contributed by atoms with Gasteiger partial charge in [0.1, 0.15) is 11.4 Å². The molecule has 1 aliphatic carbocycles. The summed E-state index contributed by atoms with van der Waals surface area (Å²) in [4.78, 5) is 36.8. The number of carbonyl (C=O) groups excluding carboxylic acids is 2. The molecule has 3 aliphatic rings. The van der Waals surface area contributed by atoms with Crippen LogP contribution in [0.1, 0.15) is 46.6 Å². The highest BCUT2D eigenvalue weighted by Gasteiger charge is 2.43. The van der Waals surface area contributed by atoms with E-state index in [4.69, 9.17) is 10.5 Å². The lowest BCUT2D eigenvalue weighted by Gasteiger charge is -2.43. The van der Waals surface area contributed by atoms with E-state index in [1.165, 1.54) is 17.2 Å². The number of amides is 2. The Kier molecular flexibility index (Phi) is 5.07. The third-order valence-electron chi connectivity index (χ3n) is 6.84. The summed E-state index contributed by atoms with van der Waals surface area (Å²) in [6.45, 7) is 5.90. The number of hydrogen-bond donors (Lipinski definition) is 1. The monoisotopic (exact) mass is 433 g/mol. The first-order chi connectivity index (χ1) is 15.5. The number of ether oxygens (including phenoxy) is 1. The van der Waals surface area contributed by atoms with E-state index in [1.807, 2.05) is 0 Å². The van der Waals surface area contributed by atoms with E-state index in [0.29, 0.717) is 37.9 Å². The molecule has 3 heterocycles. The second-order valence-electron chi connectivity index (χ2n) is 8.64. The van der Waals surface area contributed by atoms with Gasteiger partial charge in [0.15, 0.2) is 0 Å². The molecule has 0 saturated carbocycles. The van der Waals surface area contributed by atoms with Gasteiger partial charge in [-0.05, 0) is 49.3 Å². The van der Waals surface area contributed by atoms with E-state index >= 15 is 0 Å². The van der Waals surface area contributed by atoms with Crippen molar-refractivity contribution >= 4 is 17.6 Å². The summed E-state index contributed by atoms with van der Waals surface area (Å²) in [5.74, 6) is 0.351. The van der Waals surface area contributed by atoms with Crippen molar-refractivity contribution in [2.24, 2.45) is 5.73 Å². The number of nitrogens with two attached hydrogens (primary N) is 1. The van der Waals surface area contributed by atoms with Crippen LogP contribution >= 0.6 is 0 Å². The largest absolute Gasteiger partial charge is 0.466 e. The van der Waals surface area contributed by atoms with Crippen LogP contribution in [0.3, 0.4) is 0 Å². The van der Waals surface area contributed by atoms with Gasteiger partial charge in [0.05, 0.1) is 5.56 Å². The van der Waals surface area contributed by atoms with Crippen molar-refractivity contribution in [2.45, 2.75) is 37.7 Å². The van der Waals surface area contributed by atoms with Crippen molar-refractivity contribution in [3.8, 4) is 5.88 Å². The molecule has 1 unspecified atom stereocenters. The first kappa shape index (κ1) is 20.5. The predicted molar refractivity (Wildman–Crippen MR) is 120 cm³/mol. The number of anilines is 1. The number of aryl methyl sites for hydroxylation is 1. The minimum Gasteiger partial charge on any atom is -0.466 e. The number of piperazine rings is 1. The molecule has 5 rings (SSSR count). The summed E-state index contributed by atoms with van der Waals surface area (Å²) in [5.41, 5.74) is 8.58. The molecule has 2 aromatic rings. The van der Waals surface area contributed by atoms with Crippen molar-refractivity contribution in [3.63, 3.8) is 0 Å². The lowest BCUT2D eigenvalue weighted by Crippen LogP contribution is -2.49. The zero-order chi connectivity index (χ0) is 22.3. The minimum atomic E-state index is -0.679. The zero-order valence-corrected chi connectivity index (χ0v) is 18.0. The zero-order valence-electron chi connectivity index (χ0n) is 18.0. The van der Waals surface area contributed by atoms with Crippen LogP contribution in [-0.4, -0.2) is 52.9 Å². The topological polar surface area (TPSA) is 102 Å². The highest BCUT2D eigenvalue weighted by molar-refractivity contribution is 5.89. The maximum absolute atomic E-state index is 12.0. The minimum absolute atomic E-state index is 0.0375. The van der Waals surface area contributed by atoms with E-state index in [-0.39, 0.29) is 11.7 Å². The van der Waals surface area contributed by atoms with Gasteiger partial charge in [0.2, 0.25) is 17.6 Å². The Balaban J connectivity index is 1.50. The maximum atomic E-state index is 12.0. The molecule has 1 aromatic heterocycles. The molecule has 0 radical (unpaired) electrons. The van der Waals surface area contributed by atoms with E-state index in [9.17, 15) is 9.59 Å². The predicted octanol–water partition coefficient (Wildman–Crippen LogP) is 1.97. The summed E-state index contributed by atoms with van der Waals surface area (Å²) in [5, 5.41) is 0. The van der Waals surface area contributed by atoms with E-state index in [0.717, 1.165) is 37.7 Å². The standard InChI is InChI=1S/C24H27N5O3/c1-2-19(30)28-12-14-29(15-13-28)22-17-9-11-24(32-23(17)27-21(26-22)20(25)31)10-5-7-16-6-3-4-8-18(16)24/h2-4,6,8H,1,5,7,9-15H2,(H2,25,31). The fraction of sp³-hybridized carbons (Fsp3) is 0.417. The molecule has 1 saturated heterocycles. The lowest BCUT2D eigenvalue weighted by atomic mass is 9.75. The average molecular weight is 434 g/mol. The smallest absolute Gasteiger partial charge is 0.286 e. The third kappa shape index (κ3) is 3.39. The Bertz CT molecular complexity index is 1090. The highest BCUT2D eigenvalue weighted by Crippen LogP contribution is 2.47. The van der Waals surface area contributed by atoms with Crippen LogP contribution in [0.15, 0.2) is 36.9 Å². The fourth-order valence-electron chi connectivity index (χ4n) is 5.21. The number of rotatable bonds is 3. The van der Waals surface area contributed by atoms with Gasteiger partial charge in [-0.25, -0.2) is 4.98 Å². The van der Waals surface area contributed by atoms with Gasteiger partial charge in [0, 0.05) is 26.2 Å². The SMILES string of the molecule is C=CC(=O)N1CCN(c2nc(C(N)=O)nc3c2CCC2(CCCc4ccccc42)O3)CC1. The highest BCUT2D eigenvalue weighted by atomic mass is 16.5. The number of nitrogens with zero attached hydrogens (tertiary/aromatic N) is 4. The molecule has 32 heavy (non-hydrogen) atoms. The summed E-state index contributed by atoms with van der Waals surface area (Å²) >= 11 is 0. The summed E-state index contributed by atoms with van der Waals surface area (Å²) < 4.78 is 6.62. The van der Waals surface area contributed by atoms with Gasteiger partial charge in [-0.2, -0.15) is 4.98 Å². The van der Waals surface area contributed by atoms with Crippen molar-refractivity contribution in [1.29, 1.82) is 0 Å². The maximum Gasteiger partial charge on any atom is 0.286 e. The van der Waals surface area contributed by atoms with E-state index in [2.05, 4.69) is 45.7 Å². The van der Waals surface area contributed by atoms with Crippen LogP contribution in [-0.2, 0) is 23.2 Å². The Labute approximate surface area is 187 Å². The molecule has 0 bridgehead atoms. The first-order valence-corrected chi connectivity index (χ1v) is 11.2. The molecule has 2 amide bonds. The van der Waals surface area contributed by atoms with Crippen molar-refractivity contribution in [2.75, 3.05) is 31.1 Å². The second-order valence-corrected chi connectivity index (χ2v) is 8.64. The fourth-order valence-corrected chi connectivity index (χ4v) is 5.21. The van der Waals surface area contributed by atoms with Crippen molar-refractivity contribution < 1.29 is 14.3 Å². The van der Waals surface area contributed by atoms with E-state index < -0.39 is 11.5 Å². The molecule has 2 aliphatic heterocycles. The molecule has 8 nitrogen and oxygen atoms in total. The molecule has 2 N–H and O–H groups in total. The molecule has 1 spiro atoms. The Morgan fingerprint density at radius 1 is 1.09 bits per heavy atom. The van der Waals surface area contributed by atoms with Crippen LogP contribution in [0.4, 0.5) is 5.82 Å². The van der Waals surface area contributed by atoms with Gasteiger partial charge < -0.3 is 20.3 Å². The molecule has 1 aromatic carbocycles. The third-order valence-corrected chi connectivity index (χ3v) is 6.84. The van der Waals surface area contributed by atoms with Gasteiger partial charge in [-0.1, -0.05) is 30.8 Å². The lowest BCUT2D eigenvalue weighted by molar-refractivity contribution is -0.126. The molecular weight excluding hydrogens is 406 g/mol. The van der Waals surface area contributed by atoms with Crippen LogP contribution < -0.4 is 15.4 Å². The van der Waals surface area contributed by atoms with Gasteiger partial charge in [-0.3, -0.25) is 9.59 Å². The van der Waals surface area contributed by atoms with Crippen LogP contribution in [0.5, 0.6) is 5.88 Å². The molecule has 1 atom stereocenters. The Hall–Kier alpha value is -3.42. The average Bonchev–Trinajstić information content (AvgIpc) is 2.83. The quantitative estimate of drug-likeness (QED) is 0.743. The van der Waals surface area contributed by atoms with Crippen molar-refractivity contribution in [3.05, 3.63) is 59.4 Å². The Morgan fingerprint density at radius 3 is 2.62 bits per heavy atom. The summed E-state index contributed by atoms with van der Waals surface area (Å²) in [7, 11) is 0. The number of benzene rings is 1. The number of aromatic nitrogens is 2. The first-order valence-electron chi connectivity index (χ1n) is 11.2. The summed E-state index contributed by atoms with van der Waals surface area (Å²) in [6, 6.07) is 8.43. The Morgan fingerprint density at radius 2 is 1.88 bits per heavy atom. The normalized spacial score (nSPS) is 22.0. The van der Waals surface area contributed by atoms with Gasteiger partial charge in [-0.15, -0.1) is 0 Å². The molecule has 1 fully saturated rings. The van der Waals surface area contributed by atoms with E-state index in [1.54, 1.807) is 4.90 Å².